The molecule has 1 N–H and O–H groups in total. The number of benzene rings is 1. The summed E-state index contributed by atoms with van der Waals surface area (Å²) in [6, 6.07) is 5.11. The van der Waals surface area contributed by atoms with Crippen LogP contribution in [-0.2, 0) is 16.0 Å². The predicted octanol–water partition coefficient (Wildman–Crippen LogP) is 0.606. The Morgan fingerprint density at radius 3 is 2.67 bits per heavy atom. The number of carbonyl (C=O) groups is 2. The number of carboxylic acid groups (broad SMARTS) is 1. The topological polar surface area (TPSA) is 70.1 Å². The molecule has 0 saturated carbocycles. The molecule has 0 aliphatic carbocycles. The number of carbonyl (C=O) groups excluding carboxylic acids is 1. The summed E-state index contributed by atoms with van der Waals surface area (Å²) >= 11 is 0. The predicted molar refractivity (Wildman–Crippen MR) is 76.7 cm³/mol. The van der Waals surface area contributed by atoms with Gasteiger partial charge in [0.1, 0.15) is 0 Å². The van der Waals surface area contributed by atoms with E-state index in [0.29, 0.717) is 38.4 Å². The zero-order valence-electron chi connectivity index (χ0n) is 11.7. The van der Waals surface area contributed by atoms with E-state index in [0.717, 1.165) is 24.2 Å². The third-order valence-electron chi connectivity index (χ3n) is 4.01. The van der Waals surface area contributed by atoms with Gasteiger partial charge in [0, 0.05) is 25.3 Å². The van der Waals surface area contributed by atoms with Gasteiger partial charge in [-0.15, -0.1) is 0 Å². The lowest BCUT2D eigenvalue weighted by Gasteiger charge is -2.29. The minimum Gasteiger partial charge on any atom is -0.478 e. The molecular weight excluding hydrogens is 272 g/mol. The minimum absolute atomic E-state index is 0.105. The first-order valence-corrected chi connectivity index (χ1v) is 7.12. The van der Waals surface area contributed by atoms with Crippen LogP contribution in [0.3, 0.4) is 0 Å². The average molecular weight is 290 g/mol. The van der Waals surface area contributed by atoms with Crippen molar-refractivity contribution in [1.82, 2.24) is 4.90 Å². The number of morpholine rings is 1. The summed E-state index contributed by atoms with van der Waals surface area (Å²) in [5.41, 5.74) is 2.28. The molecule has 1 amide bonds. The first-order valence-electron chi connectivity index (χ1n) is 7.12. The van der Waals surface area contributed by atoms with Crippen molar-refractivity contribution >= 4 is 17.6 Å². The fourth-order valence-electron chi connectivity index (χ4n) is 2.84. The Balaban J connectivity index is 1.69. The lowest BCUT2D eigenvalue weighted by Crippen LogP contribution is -2.45. The van der Waals surface area contributed by atoms with E-state index in [2.05, 4.69) is 0 Å². The van der Waals surface area contributed by atoms with Crippen LogP contribution in [0.25, 0.3) is 0 Å². The van der Waals surface area contributed by atoms with Crippen LogP contribution in [0.15, 0.2) is 18.2 Å². The molecule has 2 heterocycles. The van der Waals surface area contributed by atoms with E-state index in [1.54, 1.807) is 18.2 Å². The molecule has 1 saturated heterocycles. The van der Waals surface area contributed by atoms with Crippen LogP contribution in [0.5, 0.6) is 0 Å². The van der Waals surface area contributed by atoms with E-state index in [1.807, 2.05) is 9.80 Å². The van der Waals surface area contributed by atoms with Crippen molar-refractivity contribution in [1.29, 1.82) is 0 Å². The van der Waals surface area contributed by atoms with E-state index in [1.165, 1.54) is 0 Å². The van der Waals surface area contributed by atoms with Crippen LogP contribution < -0.4 is 4.90 Å². The van der Waals surface area contributed by atoms with E-state index < -0.39 is 5.97 Å². The Morgan fingerprint density at radius 1 is 1.19 bits per heavy atom. The van der Waals surface area contributed by atoms with Gasteiger partial charge in [-0.05, 0) is 30.2 Å². The van der Waals surface area contributed by atoms with Crippen molar-refractivity contribution in [3.8, 4) is 0 Å². The van der Waals surface area contributed by atoms with Gasteiger partial charge >= 0.3 is 5.97 Å². The number of rotatable bonds is 3. The number of ether oxygens (including phenoxy) is 1. The van der Waals surface area contributed by atoms with Crippen LogP contribution in [0.2, 0.25) is 0 Å². The van der Waals surface area contributed by atoms with Gasteiger partial charge in [0.05, 0.1) is 25.3 Å². The number of amides is 1. The highest BCUT2D eigenvalue weighted by atomic mass is 16.5. The summed E-state index contributed by atoms with van der Waals surface area (Å²) in [7, 11) is 0. The molecule has 21 heavy (non-hydrogen) atoms. The number of nitrogens with zero attached hydrogens (tertiary/aromatic N) is 2. The van der Waals surface area contributed by atoms with Crippen LogP contribution in [-0.4, -0.2) is 61.3 Å². The van der Waals surface area contributed by atoms with Gasteiger partial charge in [-0.1, -0.05) is 0 Å². The molecule has 112 valence electrons. The molecular formula is C15H18N2O4. The largest absolute Gasteiger partial charge is 0.478 e. The molecule has 0 aromatic heterocycles. The van der Waals surface area contributed by atoms with Crippen molar-refractivity contribution in [2.45, 2.75) is 6.42 Å². The maximum absolute atomic E-state index is 12.3. The Labute approximate surface area is 122 Å². The standard InChI is InChI=1S/C15H18N2O4/c18-14(16-5-7-21-8-6-16)10-17-4-3-11-9-12(15(19)20)1-2-13(11)17/h1-2,9H,3-8,10H2,(H,19,20). The van der Waals surface area contributed by atoms with Crippen LogP contribution in [0.4, 0.5) is 5.69 Å². The van der Waals surface area contributed by atoms with E-state index >= 15 is 0 Å². The van der Waals surface area contributed by atoms with Crippen LogP contribution in [0.1, 0.15) is 15.9 Å². The molecule has 0 bridgehead atoms. The molecule has 1 fully saturated rings. The quantitative estimate of drug-likeness (QED) is 0.883. The van der Waals surface area contributed by atoms with Gasteiger partial charge in [-0.2, -0.15) is 0 Å². The summed E-state index contributed by atoms with van der Waals surface area (Å²) in [4.78, 5) is 27.1. The molecule has 0 atom stereocenters. The summed E-state index contributed by atoms with van der Waals surface area (Å²) in [5.74, 6) is -0.811. The smallest absolute Gasteiger partial charge is 0.335 e. The minimum atomic E-state index is -0.916. The molecule has 0 unspecified atom stereocenters. The van der Waals surface area contributed by atoms with Gasteiger partial charge in [0.15, 0.2) is 0 Å². The highest BCUT2D eigenvalue weighted by molar-refractivity contribution is 5.89. The molecule has 6 nitrogen and oxygen atoms in total. The van der Waals surface area contributed by atoms with Gasteiger partial charge < -0.3 is 19.6 Å². The second-order valence-corrected chi connectivity index (χ2v) is 5.31. The highest BCUT2D eigenvalue weighted by Gasteiger charge is 2.25. The van der Waals surface area contributed by atoms with Crippen LogP contribution >= 0.6 is 0 Å². The molecule has 6 heteroatoms. The van der Waals surface area contributed by atoms with E-state index in [4.69, 9.17) is 9.84 Å². The van der Waals surface area contributed by atoms with E-state index in [-0.39, 0.29) is 5.91 Å². The maximum atomic E-state index is 12.3. The lowest BCUT2D eigenvalue weighted by atomic mass is 10.1. The number of carboxylic acids is 1. The second kappa shape index (κ2) is 5.73. The van der Waals surface area contributed by atoms with E-state index in [9.17, 15) is 9.59 Å². The molecule has 1 aromatic carbocycles. The third-order valence-corrected chi connectivity index (χ3v) is 4.01. The number of aromatic carboxylic acids is 1. The molecule has 0 spiro atoms. The number of hydrogen-bond donors (Lipinski definition) is 1. The average Bonchev–Trinajstić information content (AvgIpc) is 2.90. The molecule has 1 aromatic rings. The van der Waals surface area contributed by atoms with Crippen molar-refractivity contribution in [3.05, 3.63) is 29.3 Å². The SMILES string of the molecule is O=C(O)c1ccc2c(c1)CCN2CC(=O)N1CCOCC1. The highest BCUT2D eigenvalue weighted by Crippen LogP contribution is 2.28. The third kappa shape index (κ3) is 2.85. The number of anilines is 1. The molecule has 3 rings (SSSR count). The summed E-state index contributed by atoms with van der Waals surface area (Å²) in [6.45, 7) is 3.61. The zero-order chi connectivity index (χ0) is 14.8. The van der Waals surface area contributed by atoms with Crippen LogP contribution in [0, 0.1) is 0 Å². The van der Waals surface area contributed by atoms with Crippen molar-refractivity contribution in [2.75, 3.05) is 44.3 Å². The van der Waals surface area contributed by atoms with Crippen molar-refractivity contribution < 1.29 is 19.4 Å². The second-order valence-electron chi connectivity index (χ2n) is 5.31. The van der Waals surface area contributed by atoms with Gasteiger partial charge in [-0.3, -0.25) is 4.79 Å². The van der Waals surface area contributed by atoms with Crippen molar-refractivity contribution in [2.24, 2.45) is 0 Å². The monoisotopic (exact) mass is 290 g/mol. The first-order chi connectivity index (χ1) is 10.1. The fourth-order valence-corrected chi connectivity index (χ4v) is 2.84. The molecule has 2 aliphatic rings. The molecule has 0 radical (unpaired) electrons. The number of hydrogen-bond acceptors (Lipinski definition) is 4. The maximum Gasteiger partial charge on any atom is 0.335 e. The summed E-state index contributed by atoms with van der Waals surface area (Å²) < 4.78 is 5.25. The Bertz CT molecular complexity index is 567. The van der Waals surface area contributed by atoms with Gasteiger partial charge in [0.2, 0.25) is 5.91 Å². The number of fused-ring (bicyclic) bond motifs is 1. The summed E-state index contributed by atoms with van der Waals surface area (Å²) in [5, 5.41) is 9.01. The normalized spacial score (nSPS) is 17.7. The Morgan fingerprint density at radius 2 is 1.95 bits per heavy atom. The Hall–Kier alpha value is -2.08. The van der Waals surface area contributed by atoms with Gasteiger partial charge in [0.25, 0.3) is 0 Å². The fraction of sp³-hybridized carbons (Fsp3) is 0.467. The van der Waals surface area contributed by atoms with Gasteiger partial charge in [-0.25, -0.2) is 4.79 Å². The van der Waals surface area contributed by atoms with Crippen molar-refractivity contribution in [3.63, 3.8) is 0 Å². The summed E-state index contributed by atoms with van der Waals surface area (Å²) in [6.07, 6.45) is 0.785. The molecule has 2 aliphatic heterocycles. The lowest BCUT2D eigenvalue weighted by molar-refractivity contribution is -0.133. The first kappa shape index (κ1) is 13.9. The Kier molecular flexibility index (Phi) is 3.79. The zero-order valence-corrected chi connectivity index (χ0v) is 11.7.